The molecule has 0 saturated heterocycles. The lowest BCUT2D eigenvalue weighted by Crippen LogP contribution is -2.08. The van der Waals surface area contributed by atoms with Gasteiger partial charge in [-0.3, -0.25) is 0 Å². The summed E-state index contributed by atoms with van der Waals surface area (Å²) in [6.45, 7) is 5.81. The highest BCUT2D eigenvalue weighted by atomic mass is 79.9. The Hall–Kier alpha value is -1.10. The third-order valence-electron chi connectivity index (χ3n) is 2.06. The summed E-state index contributed by atoms with van der Waals surface area (Å²) in [5, 5.41) is 3.16. The van der Waals surface area contributed by atoms with E-state index >= 15 is 0 Å². The quantitative estimate of drug-likeness (QED) is 0.852. The second kappa shape index (κ2) is 6.59. The average Bonchev–Trinajstić information content (AvgIpc) is 2.28. The molecule has 1 aromatic carbocycles. The van der Waals surface area contributed by atoms with Gasteiger partial charge in [-0.25, -0.2) is 8.78 Å². The molecule has 0 radical (unpaired) electrons. The van der Waals surface area contributed by atoms with E-state index in [0.29, 0.717) is 10.2 Å². The third kappa shape index (κ3) is 4.00. The topological polar surface area (TPSA) is 21.3 Å². The van der Waals surface area contributed by atoms with E-state index in [9.17, 15) is 8.78 Å². The van der Waals surface area contributed by atoms with Crippen LogP contribution in [0.4, 0.5) is 14.5 Å². The maximum atomic E-state index is 12.1. The Kier molecular flexibility index (Phi) is 5.41. The van der Waals surface area contributed by atoms with Crippen molar-refractivity contribution in [1.82, 2.24) is 0 Å². The summed E-state index contributed by atoms with van der Waals surface area (Å²) in [6, 6.07) is 3.47. The molecule has 0 aliphatic heterocycles. The van der Waals surface area contributed by atoms with Crippen LogP contribution in [0.25, 0.3) is 6.08 Å². The molecule has 0 atom stereocenters. The summed E-state index contributed by atoms with van der Waals surface area (Å²) in [4.78, 5) is 0. The Labute approximate surface area is 108 Å². The van der Waals surface area contributed by atoms with Crippen molar-refractivity contribution in [2.24, 2.45) is 0 Å². The molecule has 5 heteroatoms. The number of alkyl halides is 2. The fraction of sp³-hybridized carbons (Fsp3) is 0.333. The zero-order valence-corrected chi connectivity index (χ0v) is 11.1. The number of ether oxygens (including phenoxy) is 1. The molecule has 1 N–H and O–H groups in total. The maximum Gasteiger partial charge on any atom is 0.272 e. The van der Waals surface area contributed by atoms with Crippen LogP contribution >= 0.6 is 15.9 Å². The summed E-state index contributed by atoms with van der Waals surface area (Å²) < 4.78 is 29.8. The first-order valence-corrected chi connectivity index (χ1v) is 5.98. The maximum absolute atomic E-state index is 12.1. The van der Waals surface area contributed by atoms with Crippen LogP contribution in [0.2, 0.25) is 0 Å². The molecule has 0 aliphatic rings. The van der Waals surface area contributed by atoms with Crippen LogP contribution in [-0.4, -0.2) is 19.6 Å². The summed E-state index contributed by atoms with van der Waals surface area (Å²) >= 11 is 3.29. The zero-order valence-electron chi connectivity index (χ0n) is 9.47. The number of rotatable bonds is 6. The minimum atomic E-state index is -2.48. The van der Waals surface area contributed by atoms with Crippen LogP contribution in [-0.2, 0) is 0 Å². The number of benzene rings is 1. The molecular formula is C12H14BrF2NO. The van der Waals surface area contributed by atoms with E-state index in [-0.39, 0.29) is 0 Å². The molecule has 0 saturated carbocycles. The van der Waals surface area contributed by atoms with E-state index in [4.69, 9.17) is 4.74 Å². The fourth-order valence-electron chi connectivity index (χ4n) is 1.34. The van der Waals surface area contributed by atoms with Crippen molar-refractivity contribution < 1.29 is 13.5 Å². The van der Waals surface area contributed by atoms with Crippen LogP contribution in [0.5, 0.6) is 5.75 Å². The minimum Gasteiger partial charge on any atom is -0.486 e. The molecule has 94 valence electrons. The molecule has 0 amide bonds. The second-order valence-electron chi connectivity index (χ2n) is 3.31. The van der Waals surface area contributed by atoms with E-state index in [2.05, 4.69) is 27.8 Å². The Balaban J connectivity index is 2.96. The molecule has 0 heterocycles. The van der Waals surface area contributed by atoms with Gasteiger partial charge < -0.3 is 10.1 Å². The molecule has 0 fully saturated rings. The van der Waals surface area contributed by atoms with Gasteiger partial charge in [-0.05, 0) is 35.0 Å². The Morgan fingerprint density at radius 1 is 1.53 bits per heavy atom. The van der Waals surface area contributed by atoms with Gasteiger partial charge in [-0.1, -0.05) is 12.7 Å². The normalized spacial score (nSPS) is 10.4. The van der Waals surface area contributed by atoms with Gasteiger partial charge in [0.1, 0.15) is 12.4 Å². The van der Waals surface area contributed by atoms with Crippen molar-refractivity contribution in [3.63, 3.8) is 0 Å². The second-order valence-corrected chi connectivity index (χ2v) is 4.16. The first kappa shape index (κ1) is 14.0. The highest BCUT2D eigenvalue weighted by molar-refractivity contribution is 9.10. The van der Waals surface area contributed by atoms with Crippen LogP contribution in [0, 0.1) is 0 Å². The van der Waals surface area contributed by atoms with Gasteiger partial charge in [0.15, 0.2) is 0 Å². The van der Waals surface area contributed by atoms with Crippen LogP contribution in [0.3, 0.4) is 0 Å². The van der Waals surface area contributed by atoms with Gasteiger partial charge in [0.05, 0.1) is 4.47 Å². The van der Waals surface area contributed by atoms with Crippen LogP contribution < -0.4 is 10.1 Å². The predicted molar refractivity (Wildman–Crippen MR) is 69.9 cm³/mol. The number of halogens is 3. The van der Waals surface area contributed by atoms with Crippen molar-refractivity contribution in [1.29, 1.82) is 0 Å². The van der Waals surface area contributed by atoms with E-state index < -0.39 is 13.0 Å². The van der Waals surface area contributed by atoms with E-state index in [1.165, 1.54) is 0 Å². The van der Waals surface area contributed by atoms with E-state index in [1.54, 1.807) is 18.2 Å². The molecule has 1 aromatic rings. The van der Waals surface area contributed by atoms with Gasteiger partial charge in [-0.2, -0.15) is 0 Å². The lowest BCUT2D eigenvalue weighted by molar-refractivity contribution is 0.0815. The first-order chi connectivity index (χ1) is 8.08. The highest BCUT2D eigenvalue weighted by Gasteiger charge is 2.10. The first-order valence-electron chi connectivity index (χ1n) is 5.19. The third-order valence-corrected chi connectivity index (χ3v) is 2.68. The SMILES string of the molecule is C=Cc1cc(OCC(F)F)c(Br)cc1NCC. The highest BCUT2D eigenvalue weighted by Crippen LogP contribution is 2.32. The van der Waals surface area contributed by atoms with Crippen molar-refractivity contribution in [2.45, 2.75) is 13.3 Å². The van der Waals surface area contributed by atoms with Crippen molar-refractivity contribution >= 4 is 27.7 Å². The number of hydrogen-bond acceptors (Lipinski definition) is 2. The smallest absolute Gasteiger partial charge is 0.272 e. The molecule has 0 aliphatic carbocycles. The standard InChI is InChI=1S/C12H14BrF2NO/c1-3-8-5-11(17-7-12(14)15)9(13)6-10(8)16-4-2/h3,5-6,12,16H,1,4,7H2,2H3. The Bertz CT molecular complexity index is 396. The Morgan fingerprint density at radius 2 is 2.24 bits per heavy atom. The molecule has 17 heavy (non-hydrogen) atoms. The van der Waals surface area contributed by atoms with E-state index in [1.807, 2.05) is 6.92 Å². The predicted octanol–water partition coefficient (Wildman–Crippen LogP) is 4.17. The lowest BCUT2D eigenvalue weighted by Gasteiger charge is -2.13. The number of hydrogen-bond donors (Lipinski definition) is 1. The minimum absolute atomic E-state index is 0.391. The Morgan fingerprint density at radius 3 is 2.76 bits per heavy atom. The average molecular weight is 306 g/mol. The summed E-state index contributed by atoms with van der Waals surface area (Å²) in [7, 11) is 0. The number of anilines is 1. The van der Waals surface area contributed by atoms with Crippen molar-refractivity contribution in [3.8, 4) is 5.75 Å². The molecule has 0 aromatic heterocycles. The summed E-state index contributed by atoms with van der Waals surface area (Å²) in [5.74, 6) is 0.391. The van der Waals surface area contributed by atoms with Gasteiger partial charge in [0, 0.05) is 17.8 Å². The fourth-order valence-corrected chi connectivity index (χ4v) is 1.80. The largest absolute Gasteiger partial charge is 0.486 e. The monoisotopic (exact) mass is 305 g/mol. The van der Waals surface area contributed by atoms with Gasteiger partial charge in [-0.15, -0.1) is 0 Å². The van der Waals surface area contributed by atoms with Gasteiger partial charge in [0.25, 0.3) is 6.43 Å². The zero-order chi connectivity index (χ0) is 12.8. The van der Waals surface area contributed by atoms with Gasteiger partial charge >= 0.3 is 0 Å². The van der Waals surface area contributed by atoms with Gasteiger partial charge in [0.2, 0.25) is 0 Å². The molecule has 0 spiro atoms. The summed E-state index contributed by atoms with van der Waals surface area (Å²) in [6.07, 6.45) is -0.831. The van der Waals surface area contributed by atoms with Crippen LogP contribution in [0.1, 0.15) is 12.5 Å². The van der Waals surface area contributed by atoms with Crippen molar-refractivity contribution in [2.75, 3.05) is 18.5 Å². The summed E-state index contributed by atoms with van der Waals surface area (Å²) in [5.41, 5.74) is 1.71. The molecule has 2 nitrogen and oxygen atoms in total. The molecule has 1 rings (SSSR count). The number of nitrogens with one attached hydrogen (secondary N) is 1. The lowest BCUT2D eigenvalue weighted by atomic mass is 10.1. The van der Waals surface area contributed by atoms with Crippen molar-refractivity contribution in [3.05, 3.63) is 28.7 Å². The van der Waals surface area contributed by atoms with E-state index in [0.717, 1.165) is 17.8 Å². The van der Waals surface area contributed by atoms with Crippen LogP contribution in [0.15, 0.2) is 23.2 Å². The molecule has 0 bridgehead atoms. The molecule has 0 unspecified atom stereocenters. The molecular weight excluding hydrogens is 292 g/mol.